The molecule has 1 atom stereocenters. The summed E-state index contributed by atoms with van der Waals surface area (Å²) in [7, 11) is 0. The second-order valence-electron chi connectivity index (χ2n) is 4.75. The highest BCUT2D eigenvalue weighted by molar-refractivity contribution is 7.16. The summed E-state index contributed by atoms with van der Waals surface area (Å²) in [6.45, 7) is 5.84. The number of amides is 1. The van der Waals surface area contributed by atoms with Crippen molar-refractivity contribution in [1.82, 2.24) is 9.97 Å². The summed E-state index contributed by atoms with van der Waals surface area (Å²) in [6, 6.07) is 0.0374. The minimum Gasteiger partial charge on any atom is -0.328 e. The molecule has 0 aliphatic rings. The quantitative estimate of drug-likeness (QED) is 0.889. The highest BCUT2D eigenvalue weighted by Crippen LogP contribution is 2.31. The molecule has 2 aromatic rings. The molecule has 0 aliphatic heterocycles. The first-order valence-electron chi connectivity index (χ1n) is 6.41. The van der Waals surface area contributed by atoms with Gasteiger partial charge in [0.2, 0.25) is 5.91 Å². The molecule has 0 fully saturated rings. The molecule has 0 radical (unpaired) electrons. The van der Waals surface area contributed by atoms with Crippen LogP contribution in [-0.4, -0.2) is 21.9 Å². The molecular weight excluding hydrogens is 292 g/mol. The van der Waals surface area contributed by atoms with Crippen LogP contribution in [-0.2, 0) is 4.79 Å². The Labute approximate surface area is 126 Å². The Morgan fingerprint density at radius 1 is 1.45 bits per heavy atom. The summed E-state index contributed by atoms with van der Waals surface area (Å²) >= 11 is 3.05. The van der Waals surface area contributed by atoms with Crippen LogP contribution >= 0.6 is 22.7 Å². The van der Waals surface area contributed by atoms with E-state index in [-0.39, 0.29) is 11.9 Å². The maximum atomic E-state index is 11.7. The fourth-order valence-electron chi connectivity index (χ4n) is 1.74. The van der Waals surface area contributed by atoms with Crippen molar-refractivity contribution in [2.24, 2.45) is 5.73 Å². The molecule has 0 saturated carbocycles. The van der Waals surface area contributed by atoms with Crippen molar-refractivity contribution in [3.05, 3.63) is 16.1 Å². The normalized spacial score (nSPS) is 12.4. The van der Waals surface area contributed by atoms with E-state index in [0.29, 0.717) is 18.0 Å². The number of anilines is 1. The molecule has 0 saturated heterocycles. The molecule has 1 amide bonds. The Morgan fingerprint density at radius 3 is 2.80 bits per heavy atom. The van der Waals surface area contributed by atoms with Gasteiger partial charge in [0.25, 0.3) is 0 Å². The molecule has 3 N–H and O–H groups in total. The van der Waals surface area contributed by atoms with Gasteiger partial charge < -0.3 is 11.1 Å². The Bertz CT molecular complexity index is 603. The van der Waals surface area contributed by atoms with Crippen LogP contribution in [0.25, 0.3) is 10.6 Å². The summed E-state index contributed by atoms with van der Waals surface area (Å²) in [4.78, 5) is 21.6. The first-order chi connectivity index (χ1) is 9.45. The van der Waals surface area contributed by atoms with Gasteiger partial charge in [-0.2, -0.15) is 0 Å². The first-order valence-corrected chi connectivity index (χ1v) is 8.10. The van der Waals surface area contributed by atoms with Crippen LogP contribution in [0.1, 0.15) is 30.5 Å². The predicted octanol–water partition coefficient (Wildman–Crippen LogP) is 2.95. The molecule has 108 valence electrons. The van der Waals surface area contributed by atoms with Gasteiger partial charge in [-0.05, 0) is 27.2 Å². The van der Waals surface area contributed by atoms with E-state index in [2.05, 4.69) is 15.3 Å². The zero-order chi connectivity index (χ0) is 14.7. The first kappa shape index (κ1) is 15.1. The number of carbonyl (C=O) groups is 1. The van der Waals surface area contributed by atoms with Crippen molar-refractivity contribution in [3.63, 3.8) is 0 Å². The maximum Gasteiger partial charge on any atom is 0.226 e. The third-order valence-electron chi connectivity index (χ3n) is 2.71. The molecule has 2 heterocycles. The van der Waals surface area contributed by atoms with E-state index in [0.717, 1.165) is 21.3 Å². The number of thiazole rings is 2. The highest BCUT2D eigenvalue weighted by atomic mass is 32.1. The minimum atomic E-state index is -0.0413. The number of nitrogens with two attached hydrogens (primary N) is 1. The topological polar surface area (TPSA) is 80.9 Å². The van der Waals surface area contributed by atoms with Gasteiger partial charge in [0, 0.05) is 17.8 Å². The number of nitrogens with one attached hydrogen (secondary N) is 1. The Morgan fingerprint density at radius 2 is 2.20 bits per heavy atom. The average Bonchev–Trinajstić information content (AvgIpc) is 2.93. The van der Waals surface area contributed by atoms with Gasteiger partial charge in [-0.3, -0.25) is 4.79 Å². The zero-order valence-electron chi connectivity index (χ0n) is 11.8. The monoisotopic (exact) mass is 310 g/mol. The molecule has 0 aliphatic carbocycles. The summed E-state index contributed by atoms with van der Waals surface area (Å²) < 4.78 is 0. The SMILES string of the molecule is Cc1nc(C)c(-c2csc(NC(=O)CCC(C)N)n2)s1. The zero-order valence-corrected chi connectivity index (χ0v) is 13.4. The van der Waals surface area contributed by atoms with Crippen LogP contribution in [0.3, 0.4) is 0 Å². The fourth-order valence-corrected chi connectivity index (χ4v) is 3.42. The lowest BCUT2D eigenvalue weighted by Gasteiger charge is -2.04. The summed E-state index contributed by atoms with van der Waals surface area (Å²) in [6.07, 6.45) is 1.10. The number of carbonyl (C=O) groups excluding carboxylic acids is 1. The van der Waals surface area contributed by atoms with Crippen molar-refractivity contribution in [1.29, 1.82) is 0 Å². The number of hydrogen-bond acceptors (Lipinski definition) is 6. The summed E-state index contributed by atoms with van der Waals surface area (Å²) in [5.74, 6) is -0.0413. The van der Waals surface area contributed by atoms with Crippen LogP contribution in [0.4, 0.5) is 5.13 Å². The number of aryl methyl sites for hydroxylation is 2. The van der Waals surface area contributed by atoms with Gasteiger partial charge in [-0.1, -0.05) is 0 Å². The van der Waals surface area contributed by atoms with Gasteiger partial charge in [0.05, 0.1) is 21.3 Å². The highest BCUT2D eigenvalue weighted by Gasteiger charge is 2.13. The van der Waals surface area contributed by atoms with Crippen LogP contribution in [0.5, 0.6) is 0 Å². The predicted molar refractivity (Wildman–Crippen MR) is 84.2 cm³/mol. The van der Waals surface area contributed by atoms with Crippen LogP contribution in [0, 0.1) is 13.8 Å². The molecule has 2 rings (SSSR count). The fraction of sp³-hybridized carbons (Fsp3) is 0.462. The van der Waals surface area contributed by atoms with Crippen LogP contribution < -0.4 is 11.1 Å². The Balaban J connectivity index is 2.02. The van der Waals surface area contributed by atoms with Gasteiger partial charge in [0.1, 0.15) is 0 Å². The van der Waals surface area contributed by atoms with Gasteiger partial charge in [-0.15, -0.1) is 22.7 Å². The molecular formula is C13H18N4OS2. The molecule has 5 nitrogen and oxygen atoms in total. The Kier molecular flexibility index (Phi) is 4.85. The second-order valence-corrected chi connectivity index (χ2v) is 6.81. The van der Waals surface area contributed by atoms with E-state index < -0.39 is 0 Å². The molecule has 1 unspecified atom stereocenters. The molecule has 0 spiro atoms. The van der Waals surface area contributed by atoms with E-state index in [4.69, 9.17) is 5.73 Å². The van der Waals surface area contributed by atoms with Gasteiger partial charge >= 0.3 is 0 Å². The van der Waals surface area contributed by atoms with Crippen molar-refractivity contribution in [3.8, 4) is 10.6 Å². The lowest BCUT2D eigenvalue weighted by Crippen LogP contribution is -2.19. The number of aromatic nitrogens is 2. The number of nitrogens with zero attached hydrogens (tertiary/aromatic N) is 2. The second kappa shape index (κ2) is 6.43. The minimum absolute atomic E-state index is 0.0374. The summed E-state index contributed by atoms with van der Waals surface area (Å²) in [5, 5.41) is 6.40. The van der Waals surface area contributed by atoms with Crippen LogP contribution in [0.2, 0.25) is 0 Å². The van der Waals surface area contributed by atoms with E-state index in [1.54, 1.807) is 11.3 Å². The van der Waals surface area contributed by atoms with Crippen molar-refractivity contribution in [2.45, 2.75) is 39.7 Å². The van der Waals surface area contributed by atoms with E-state index in [9.17, 15) is 4.79 Å². The van der Waals surface area contributed by atoms with Crippen molar-refractivity contribution < 1.29 is 4.79 Å². The molecule has 20 heavy (non-hydrogen) atoms. The third-order valence-corrected chi connectivity index (χ3v) is 4.57. The Hall–Kier alpha value is -1.31. The molecule has 2 aromatic heterocycles. The van der Waals surface area contributed by atoms with Gasteiger partial charge in [-0.25, -0.2) is 9.97 Å². The van der Waals surface area contributed by atoms with E-state index in [1.807, 2.05) is 26.2 Å². The van der Waals surface area contributed by atoms with E-state index >= 15 is 0 Å². The number of hydrogen-bond donors (Lipinski definition) is 2. The number of rotatable bonds is 5. The largest absolute Gasteiger partial charge is 0.328 e. The average molecular weight is 310 g/mol. The van der Waals surface area contributed by atoms with Crippen molar-refractivity contribution >= 4 is 33.7 Å². The maximum absolute atomic E-state index is 11.7. The van der Waals surface area contributed by atoms with Crippen LogP contribution in [0.15, 0.2) is 5.38 Å². The van der Waals surface area contributed by atoms with E-state index in [1.165, 1.54) is 11.3 Å². The lowest BCUT2D eigenvalue weighted by molar-refractivity contribution is -0.116. The smallest absolute Gasteiger partial charge is 0.226 e. The standard InChI is InChI=1S/C13H18N4OS2/c1-7(14)4-5-11(18)17-13-16-10(6-19-13)12-8(2)15-9(3)20-12/h6-7H,4-5,14H2,1-3H3,(H,16,17,18). The van der Waals surface area contributed by atoms with Gasteiger partial charge in [0.15, 0.2) is 5.13 Å². The lowest BCUT2D eigenvalue weighted by atomic mass is 10.2. The molecule has 7 heteroatoms. The summed E-state index contributed by atoms with van der Waals surface area (Å²) in [5.41, 5.74) is 7.49. The molecule has 0 bridgehead atoms. The van der Waals surface area contributed by atoms with Crippen molar-refractivity contribution in [2.75, 3.05) is 5.32 Å². The molecule has 0 aromatic carbocycles. The third kappa shape index (κ3) is 3.84.